The zero-order valence-electron chi connectivity index (χ0n) is 7.77. The Morgan fingerprint density at radius 1 is 1.53 bits per heavy atom. The maximum atomic E-state index is 11.4. The number of nitrogens with one attached hydrogen (secondary N) is 1. The summed E-state index contributed by atoms with van der Waals surface area (Å²) in [6, 6.07) is 5.70. The van der Waals surface area contributed by atoms with Crippen molar-refractivity contribution in [3.05, 3.63) is 39.9 Å². The number of hydrogen-bond donors (Lipinski definition) is 1. The Hall–Kier alpha value is -2.35. The molecule has 1 amide bonds. The van der Waals surface area contributed by atoms with Gasteiger partial charge in [0, 0.05) is 6.07 Å². The van der Waals surface area contributed by atoms with Crippen molar-refractivity contribution in [2.45, 2.75) is 0 Å². The second kappa shape index (κ2) is 4.77. The van der Waals surface area contributed by atoms with Gasteiger partial charge in [-0.3, -0.25) is 14.9 Å². The Morgan fingerprint density at radius 2 is 2.20 bits per heavy atom. The Balaban J connectivity index is 2.98. The quantitative estimate of drug-likeness (QED) is 0.452. The molecule has 0 saturated heterocycles. The lowest BCUT2D eigenvalue weighted by atomic mass is 10.1. The summed E-state index contributed by atoms with van der Waals surface area (Å²) in [6.45, 7) is 0.0465. The van der Waals surface area contributed by atoms with Gasteiger partial charge >= 0.3 is 0 Å². The molecular weight excluding hydrogens is 196 g/mol. The van der Waals surface area contributed by atoms with E-state index in [2.05, 4.69) is 11.2 Å². The molecule has 1 rings (SSSR count). The van der Waals surface area contributed by atoms with Crippen molar-refractivity contribution < 1.29 is 9.72 Å². The van der Waals surface area contributed by atoms with E-state index >= 15 is 0 Å². The number of amides is 1. The van der Waals surface area contributed by atoms with Gasteiger partial charge in [-0.2, -0.15) is 0 Å². The Morgan fingerprint density at radius 3 is 2.80 bits per heavy atom. The van der Waals surface area contributed by atoms with Crippen molar-refractivity contribution in [1.29, 1.82) is 0 Å². The summed E-state index contributed by atoms with van der Waals surface area (Å²) in [5.74, 6) is 1.67. The van der Waals surface area contributed by atoms with Gasteiger partial charge in [0.25, 0.3) is 11.6 Å². The fourth-order valence-corrected chi connectivity index (χ4v) is 1.05. The number of terminal acetylenes is 1. The van der Waals surface area contributed by atoms with Crippen LogP contribution in [-0.4, -0.2) is 17.4 Å². The van der Waals surface area contributed by atoms with Gasteiger partial charge in [-0.1, -0.05) is 18.1 Å². The van der Waals surface area contributed by atoms with Crippen molar-refractivity contribution in [1.82, 2.24) is 5.32 Å². The predicted molar refractivity (Wildman–Crippen MR) is 54.3 cm³/mol. The second-order valence-corrected chi connectivity index (χ2v) is 2.66. The molecule has 0 fully saturated rings. The number of benzene rings is 1. The monoisotopic (exact) mass is 204 g/mol. The number of nitro groups is 1. The Kier molecular flexibility index (Phi) is 3.41. The molecule has 0 aromatic heterocycles. The molecule has 0 saturated carbocycles. The average Bonchev–Trinajstić information content (AvgIpc) is 2.25. The lowest BCUT2D eigenvalue weighted by molar-refractivity contribution is -0.385. The maximum Gasteiger partial charge on any atom is 0.282 e. The van der Waals surface area contributed by atoms with Crippen molar-refractivity contribution in [3.8, 4) is 12.3 Å². The van der Waals surface area contributed by atoms with Crippen molar-refractivity contribution in [2.24, 2.45) is 0 Å². The number of hydrogen-bond acceptors (Lipinski definition) is 3. The van der Waals surface area contributed by atoms with Gasteiger partial charge in [0.1, 0.15) is 5.56 Å². The Bertz CT molecular complexity index is 435. The maximum absolute atomic E-state index is 11.4. The number of carbonyl (C=O) groups excluding carboxylic acids is 1. The summed E-state index contributed by atoms with van der Waals surface area (Å²) in [6.07, 6.45) is 4.95. The van der Waals surface area contributed by atoms with Gasteiger partial charge in [-0.25, -0.2) is 0 Å². The minimum atomic E-state index is -0.606. The zero-order valence-corrected chi connectivity index (χ0v) is 7.77. The molecule has 5 heteroatoms. The van der Waals surface area contributed by atoms with E-state index in [4.69, 9.17) is 6.42 Å². The minimum absolute atomic E-state index is 0.0118. The first-order valence-corrected chi connectivity index (χ1v) is 4.12. The van der Waals surface area contributed by atoms with Gasteiger partial charge in [-0.15, -0.1) is 6.42 Å². The normalized spacial score (nSPS) is 9.00. The highest BCUT2D eigenvalue weighted by Crippen LogP contribution is 2.16. The zero-order chi connectivity index (χ0) is 11.3. The van der Waals surface area contributed by atoms with Crippen LogP contribution in [0.2, 0.25) is 0 Å². The summed E-state index contributed by atoms with van der Waals surface area (Å²) in [5.41, 5.74) is -0.218. The Labute approximate surface area is 86.3 Å². The smallest absolute Gasteiger partial charge is 0.282 e. The molecule has 5 nitrogen and oxygen atoms in total. The highest BCUT2D eigenvalue weighted by Gasteiger charge is 2.18. The van der Waals surface area contributed by atoms with Crippen LogP contribution in [0.25, 0.3) is 0 Å². The van der Waals surface area contributed by atoms with E-state index < -0.39 is 10.8 Å². The molecule has 0 aliphatic carbocycles. The third-order valence-corrected chi connectivity index (χ3v) is 1.70. The number of carbonyl (C=O) groups is 1. The molecule has 0 unspecified atom stereocenters. The summed E-state index contributed by atoms with van der Waals surface area (Å²) in [5, 5.41) is 12.9. The van der Waals surface area contributed by atoms with Crippen LogP contribution in [0.3, 0.4) is 0 Å². The fraction of sp³-hybridized carbons (Fsp3) is 0.100. The highest BCUT2D eigenvalue weighted by molar-refractivity contribution is 5.98. The molecule has 1 N–H and O–H groups in total. The summed E-state index contributed by atoms with van der Waals surface area (Å²) in [4.78, 5) is 21.4. The van der Waals surface area contributed by atoms with E-state index in [-0.39, 0.29) is 17.8 Å². The van der Waals surface area contributed by atoms with Gasteiger partial charge in [0.2, 0.25) is 0 Å². The first-order chi connectivity index (χ1) is 7.16. The van der Waals surface area contributed by atoms with Gasteiger partial charge < -0.3 is 5.32 Å². The van der Waals surface area contributed by atoms with Crippen LogP contribution < -0.4 is 5.32 Å². The van der Waals surface area contributed by atoms with E-state index in [0.29, 0.717) is 0 Å². The van der Waals surface area contributed by atoms with Crippen LogP contribution in [0.15, 0.2) is 24.3 Å². The first-order valence-electron chi connectivity index (χ1n) is 4.12. The van der Waals surface area contributed by atoms with Crippen molar-refractivity contribution in [2.75, 3.05) is 6.54 Å². The number of nitro benzene ring substituents is 1. The van der Waals surface area contributed by atoms with Crippen LogP contribution in [-0.2, 0) is 0 Å². The van der Waals surface area contributed by atoms with Crippen molar-refractivity contribution >= 4 is 11.6 Å². The predicted octanol–water partition coefficient (Wildman–Crippen LogP) is 0.958. The molecule has 76 valence electrons. The highest BCUT2D eigenvalue weighted by atomic mass is 16.6. The molecule has 1 aromatic carbocycles. The molecular formula is C10H8N2O3. The lowest BCUT2D eigenvalue weighted by Crippen LogP contribution is -2.24. The standard InChI is InChI=1S/C10H8N2O3/c1-2-7-11-10(13)8-5-3-4-6-9(8)12(14)15/h1,3-6H,7H2,(H,11,13). The van der Waals surface area contributed by atoms with Crippen LogP contribution in [0.5, 0.6) is 0 Å². The molecule has 0 bridgehead atoms. The second-order valence-electron chi connectivity index (χ2n) is 2.66. The lowest BCUT2D eigenvalue weighted by Gasteiger charge is -2.01. The molecule has 0 spiro atoms. The van der Waals surface area contributed by atoms with Crippen LogP contribution in [0.1, 0.15) is 10.4 Å². The third-order valence-electron chi connectivity index (χ3n) is 1.70. The van der Waals surface area contributed by atoms with Gasteiger partial charge in [0.05, 0.1) is 11.5 Å². The number of nitrogens with zero attached hydrogens (tertiary/aromatic N) is 1. The molecule has 0 heterocycles. The largest absolute Gasteiger partial charge is 0.341 e. The van der Waals surface area contributed by atoms with Crippen molar-refractivity contribution in [3.63, 3.8) is 0 Å². The van der Waals surface area contributed by atoms with Crippen LogP contribution in [0.4, 0.5) is 5.69 Å². The van der Waals surface area contributed by atoms with Crippen LogP contribution in [0, 0.1) is 22.5 Å². The number of para-hydroxylation sites is 1. The molecule has 0 radical (unpaired) electrons. The number of rotatable bonds is 3. The minimum Gasteiger partial charge on any atom is -0.341 e. The third kappa shape index (κ3) is 2.54. The molecule has 1 aromatic rings. The summed E-state index contributed by atoms with van der Waals surface area (Å²) >= 11 is 0. The average molecular weight is 204 g/mol. The van der Waals surface area contributed by atoms with E-state index in [1.54, 1.807) is 6.07 Å². The molecule has 0 aliphatic rings. The van der Waals surface area contributed by atoms with E-state index in [1.807, 2.05) is 0 Å². The van der Waals surface area contributed by atoms with E-state index in [0.717, 1.165) is 0 Å². The van der Waals surface area contributed by atoms with Crippen LogP contribution >= 0.6 is 0 Å². The fourth-order valence-electron chi connectivity index (χ4n) is 1.05. The molecule has 0 atom stereocenters. The topological polar surface area (TPSA) is 72.2 Å². The molecule has 0 aliphatic heterocycles. The van der Waals surface area contributed by atoms with E-state index in [1.165, 1.54) is 18.2 Å². The van der Waals surface area contributed by atoms with Gasteiger partial charge in [-0.05, 0) is 6.07 Å². The summed E-state index contributed by atoms with van der Waals surface area (Å²) < 4.78 is 0. The molecule has 15 heavy (non-hydrogen) atoms. The first kappa shape index (κ1) is 10.7. The van der Waals surface area contributed by atoms with E-state index in [9.17, 15) is 14.9 Å². The van der Waals surface area contributed by atoms with Gasteiger partial charge in [0.15, 0.2) is 0 Å². The SMILES string of the molecule is C#CCNC(=O)c1ccccc1[N+](=O)[O-]. The summed E-state index contributed by atoms with van der Waals surface area (Å²) in [7, 11) is 0.